The highest BCUT2D eigenvalue weighted by molar-refractivity contribution is 6.36. The molecule has 0 bridgehead atoms. The standard InChI is InChI=1S/C18H14Cl4N2O/c19-13-6-4-12(5-7-13)17(18(22)24-9-8-23-11-24)25-10-14-15(20)2-1-3-16(14)21/h1-9,11,17-18H,10H2. The van der Waals surface area contributed by atoms with E-state index in [-0.39, 0.29) is 6.61 Å². The van der Waals surface area contributed by atoms with E-state index in [9.17, 15) is 0 Å². The van der Waals surface area contributed by atoms with Crippen LogP contribution in [0, 0.1) is 0 Å². The van der Waals surface area contributed by atoms with Crippen LogP contribution in [0.4, 0.5) is 0 Å². The Balaban J connectivity index is 1.87. The van der Waals surface area contributed by atoms with Crippen molar-refractivity contribution in [3.05, 3.63) is 87.4 Å². The predicted molar refractivity (Wildman–Crippen MR) is 103 cm³/mol. The summed E-state index contributed by atoms with van der Waals surface area (Å²) in [5.74, 6) is 0. The predicted octanol–water partition coefficient (Wildman–Crippen LogP) is 6.54. The highest BCUT2D eigenvalue weighted by Gasteiger charge is 2.24. The number of alkyl halides is 1. The van der Waals surface area contributed by atoms with Gasteiger partial charge in [0.05, 0.1) is 12.9 Å². The second kappa shape index (κ2) is 8.43. The molecule has 2 aromatic carbocycles. The SMILES string of the molecule is Clc1ccc(C(OCc2c(Cl)cccc2Cl)C(Cl)n2ccnc2)cc1. The van der Waals surface area contributed by atoms with Gasteiger partial charge in [-0.3, -0.25) is 0 Å². The topological polar surface area (TPSA) is 27.1 Å². The maximum Gasteiger partial charge on any atom is 0.139 e. The number of rotatable bonds is 6. The van der Waals surface area contributed by atoms with Gasteiger partial charge in [-0.2, -0.15) is 0 Å². The Bertz CT molecular complexity index is 801. The lowest BCUT2D eigenvalue weighted by molar-refractivity contribution is 0.0236. The Labute approximate surface area is 166 Å². The van der Waals surface area contributed by atoms with E-state index in [2.05, 4.69) is 4.98 Å². The second-order valence-corrected chi connectivity index (χ2v) is 7.06. The van der Waals surface area contributed by atoms with Gasteiger partial charge in [-0.1, -0.05) is 64.6 Å². The smallest absolute Gasteiger partial charge is 0.139 e. The molecule has 3 aromatic rings. The van der Waals surface area contributed by atoms with Gasteiger partial charge in [0.1, 0.15) is 11.6 Å². The molecule has 3 nitrogen and oxygen atoms in total. The number of nitrogens with zero attached hydrogens (tertiary/aromatic N) is 2. The van der Waals surface area contributed by atoms with E-state index < -0.39 is 11.6 Å². The van der Waals surface area contributed by atoms with Crippen molar-refractivity contribution in [1.82, 2.24) is 9.55 Å². The number of ether oxygens (including phenoxy) is 1. The lowest BCUT2D eigenvalue weighted by Crippen LogP contribution is -2.15. The van der Waals surface area contributed by atoms with E-state index in [1.165, 1.54) is 0 Å². The Kier molecular flexibility index (Phi) is 6.26. The van der Waals surface area contributed by atoms with Crippen molar-refractivity contribution in [2.75, 3.05) is 0 Å². The Morgan fingerprint density at radius 2 is 1.68 bits per heavy atom. The van der Waals surface area contributed by atoms with Crippen LogP contribution in [0.25, 0.3) is 0 Å². The Morgan fingerprint density at radius 3 is 2.28 bits per heavy atom. The molecular formula is C18H14Cl4N2O. The van der Waals surface area contributed by atoms with Gasteiger partial charge in [-0.15, -0.1) is 0 Å². The van der Waals surface area contributed by atoms with E-state index in [4.69, 9.17) is 51.1 Å². The molecule has 0 fully saturated rings. The van der Waals surface area contributed by atoms with Gasteiger partial charge in [-0.25, -0.2) is 4.98 Å². The molecule has 0 saturated carbocycles. The van der Waals surface area contributed by atoms with Crippen LogP contribution in [-0.2, 0) is 11.3 Å². The average molecular weight is 416 g/mol. The summed E-state index contributed by atoms with van der Waals surface area (Å²) in [4.78, 5) is 4.04. The minimum atomic E-state index is -0.495. The van der Waals surface area contributed by atoms with Gasteiger partial charge in [0.2, 0.25) is 0 Å². The molecule has 25 heavy (non-hydrogen) atoms. The first-order chi connectivity index (χ1) is 12.1. The molecule has 3 rings (SSSR count). The third kappa shape index (κ3) is 4.49. The molecule has 0 aliphatic rings. The molecule has 0 radical (unpaired) electrons. The maximum atomic E-state index is 6.63. The molecule has 1 aromatic heterocycles. The third-order valence-electron chi connectivity index (χ3n) is 3.73. The zero-order valence-corrected chi connectivity index (χ0v) is 16.0. The number of benzene rings is 2. The summed E-state index contributed by atoms with van der Waals surface area (Å²) in [6, 6.07) is 12.7. The Hall–Kier alpha value is -1.23. The fourth-order valence-electron chi connectivity index (χ4n) is 2.40. The van der Waals surface area contributed by atoms with E-state index in [1.807, 2.05) is 12.1 Å². The van der Waals surface area contributed by atoms with E-state index in [0.717, 1.165) is 11.1 Å². The van der Waals surface area contributed by atoms with Crippen LogP contribution in [0.5, 0.6) is 0 Å². The van der Waals surface area contributed by atoms with Gasteiger partial charge >= 0.3 is 0 Å². The van der Waals surface area contributed by atoms with Crippen molar-refractivity contribution in [3.63, 3.8) is 0 Å². The van der Waals surface area contributed by atoms with Gasteiger partial charge in [0.15, 0.2) is 0 Å². The van der Waals surface area contributed by atoms with Crippen molar-refractivity contribution >= 4 is 46.4 Å². The number of hydrogen-bond donors (Lipinski definition) is 0. The molecule has 130 valence electrons. The molecule has 0 aliphatic carbocycles. The lowest BCUT2D eigenvalue weighted by Gasteiger charge is -2.24. The van der Waals surface area contributed by atoms with Crippen LogP contribution >= 0.6 is 46.4 Å². The van der Waals surface area contributed by atoms with Crippen LogP contribution in [0.1, 0.15) is 22.7 Å². The van der Waals surface area contributed by atoms with Gasteiger partial charge in [-0.05, 0) is 29.8 Å². The lowest BCUT2D eigenvalue weighted by atomic mass is 10.1. The van der Waals surface area contributed by atoms with Crippen LogP contribution in [-0.4, -0.2) is 9.55 Å². The molecule has 0 aliphatic heterocycles. The summed E-state index contributed by atoms with van der Waals surface area (Å²) in [5, 5.41) is 1.75. The Morgan fingerprint density at radius 1 is 1.00 bits per heavy atom. The average Bonchev–Trinajstić information content (AvgIpc) is 3.13. The molecule has 0 saturated heterocycles. The minimum absolute atomic E-state index is 0.226. The van der Waals surface area contributed by atoms with Crippen LogP contribution < -0.4 is 0 Å². The largest absolute Gasteiger partial charge is 0.365 e. The normalized spacial score (nSPS) is 13.6. The highest BCUT2D eigenvalue weighted by Crippen LogP contribution is 2.36. The first-order valence-corrected chi connectivity index (χ1v) is 9.05. The second-order valence-electron chi connectivity index (χ2n) is 5.37. The van der Waals surface area contributed by atoms with Crippen molar-refractivity contribution in [3.8, 4) is 0 Å². The maximum absolute atomic E-state index is 6.63. The van der Waals surface area contributed by atoms with Crippen LogP contribution in [0.3, 0.4) is 0 Å². The quantitative estimate of drug-likeness (QED) is 0.427. The van der Waals surface area contributed by atoms with E-state index in [1.54, 1.807) is 53.6 Å². The zero-order chi connectivity index (χ0) is 17.8. The third-order valence-corrected chi connectivity index (χ3v) is 5.14. The zero-order valence-electron chi connectivity index (χ0n) is 12.9. The summed E-state index contributed by atoms with van der Waals surface area (Å²) in [5.41, 5.74) is 1.12. The first-order valence-electron chi connectivity index (χ1n) is 7.47. The first kappa shape index (κ1) is 18.6. The summed E-state index contributed by atoms with van der Waals surface area (Å²) in [7, 11) is 0. The van der Waals surface area contributed by atoms with Crippen molar-refractivity contribution in [2.45, 2.75) is 18.2 Å². The fourth-order valence-corrected chi connectivity index (χ4v) is 3.37. The molecule has 0 amide bonds. The number of imidazole rings is 1. The monoisotopic (exact) mass is 414 g/mol. The number of aromatic nitrogens is 2. The summed E-state index contributed by atoms with van der Waals surface area (Å²) in [6.07, 6.45) is 4.65. The van der Waals surface area contributed by atoms with Crippen LogP contribution in [0.2, 0.25) is 15.1 Å². The van der Waals surface area contributed by atoms with Gasteiger partial charge in [0, 0.05) is 33.0 Å². The number of halogens is 4. The number of hydrogen-bond acceptors (Lipinski definition) is 2. The summed E-state index contributed by atoms with van der Waals surface area (Å²) in [6.45, 7) is 0.226. The fraction of sp³-hybridized carbons (Fsp3) is 0.167. The minimum Gasteiger partial charge on any atom is -0.365 e. The molecule has 2 atom stereocenters. The highest BCUT2D eigenvalue weighted by atomic mass is 35.5. The van der Waals surface area contributed by atoms with Gasteiger partial charge in [0.25, 0.3) is 0 Å². The molecule has 2 unspecified atom stereocenters. The molecular weight excluding hydrogens is 402 g/mol. The summed E-state index contributed by atoms with van der Waals surface area (Å²) >= 11 is 25.1. The van der Waals surface area contributed by atoms with Crippen molar-refractivity contribution in [2.24, 2.45) is 0 Å². The summed E-state index contributed by atoms with van der Waals surface area (Å²) < 4.78 is 7.88. The molecule has 1 heterocycles. The van der Waals surface area contributed by atoms with Crippen LogP contribution in [0.15, 0.2) is 61.2 Å². The van der Waals surface area contributed by atoms with E-state index >= 15 is 0 Å². The molecule has 0 N–H and O–H groups in total. The van der Waals surface area contributed by atoms with Crippen molar-refractivity contribution in [1.29, 1.82) is 0 Å². The molecule has 7 heteroatoms. The van der Waals surface area contributed by atoms with Gasteiger partial charge < -0.3 is 9.30 Å². The van der Waals surface area contributed by atoms with Crippen molar-refractivity contribution < 1.29 is 4.74 Å². The molecule has 0 spiro atoms. The van der Waals surface area contributed by atoms with E-state index in [0.29, 0.717) is 15.1 Å².